The number of rotatable bonds is 18. The van der Waals surface area contributed by atoms with Gasteiger partial charge in [0.25, 0.3) is 0 Å². The molecule has 0 unspecified atom stereocenters. The SMILES string of the molecule is CCCCCCCCCC[c-]1cc(C)c(C)c1C.CCCCCCCCCC[c-]1cc(C)c(C)c1C.[Cl][Zr+2][Cl]. The Morgan fingerprint density at radius 2 is 0.744 bits per heavy atom. The van der Waals surface area contributed by atoms with Crippen molar-refractivity contribution in [2.45, 2.75) is 171 Å². The van der Waals surface area contributed by atoms with E-state index in [-0.39, 0.29) is 0 Å². The van der Waals surface area contributed by atoms with E-state index < -0.39 is 20.8 Å². The number of hydrogen-bond acceptors (Lipinski definition) is 0. The second kappa shape index (κ2) is 25.8. The summed E-state index contributed by atoms with van der Waals surface area (Å²) in [6, 6.07) is 4.79. The van der Waals surface area contributed by atoms with Gasteiger partial charge in [0, 0.05) is 0 Å². The van der Waals surface area contributed by atoms with Crippen LogP contribution in [-0.4, -0.2) is 0 Å². The molecule has 0 saturated carbocycles. The molecule has 0 aliphatic carbocycles. The molecule has 0 aliphatic rings. The van der Waals surface area contributed by atoms with Gasteiger partial charge < -0.3 is 0 Å². The Hall–Kier alpha value is 0.163. The molecule has 0 N–H and O–H groups in total. The van der Waals surface area contributed by atoms with Crippen LogP contribution >= 0.6 is 17.0 Å². The summed E-state index contributed by atoms with van der Waals surface area (Å²) in [6.07, 6.45) is 25.2. The van der Waals surface area contributed by atoms with E-state index in [0.717, 1.165) is 0 Å². The molecule has 0 amide bonds. The molecule has 0 atom stereocenters. The van der Waals surface area contributed by atoms with Crippen LogP contribution in [0, 0.1) is 41.5 Å². The fourth-order valence-corrected chi connectivity index (χ4v) is 5.45. The topological polar surface area (TPSA) is 0 Å². The average molecular weight is 657 g/mol. The van der Waals surface area contributed by atoms with Gasteiger partial charge in [-0.3, -0.25) is 0 Å². The first-order valence-corrected chi connectivity index (χ1v) is 22.5. The molecule has 0 spiro atoms. The molecule has 0 nitrogen and oxygen atoms in total. The van der Waals surface area contributed by atoms with Crippen molar-refractivity contribution < 1.29 is 20.8 Å². The van der Waals surface area contributed by atoms with Crippen molar-refractivity contribution in [2.75, 3.05) is 0 Å². The van der Waals surface area contributed by atoms with Crippen LogP contribution in [0.2, 0.25) is 0 Å². The van der Waals surface area contributed by atoms with Crippen molar-refractivity contribution in [2.24, 2.45) is 0 Å². The van der Waals surface area contributed by atoms with E-state index in [2.05, 4.69) is 67.5 Å². The fraction of sp³-hybridized carbons (Fsp3) is 0.722. The van der Waals surface area contributed by atoms with Gasteiger partial charge in [-0.15, -0.1) is 0 Å². The van der Waals surface area contributed by atoms with Gasteiger partial charge in [-0.05, 0) is 0 Å². The quantitative estimate of drug-likeness (QED) is 0.111. The standard InChI is InChI=1S/2C18H31.2ClH.Zr/c2*1-5-6-7-8-9-10-11-12-13-18-14-15(2)16(3)17(18)4;;;/h2*14H,5-13H2,1-4H3;2*1H;/q2*-1;;;+4/p-2. The molecule has 0 aromatic heterocycles. The normalized spacial score (nSPS) is 10.5. The van der Waals surface area contributed by atoms with E-state index in [9.17, 15) is 0 Å². The number of unbranched alkanes of at least 4 members (excludes halogenated alkanes) is 14. The van der Waals surface area contributed by atoms with Gasteiger partial charge in [-0.25, -0.2) is 0 Å². The Labute approximate surface area is 263 Å². The summed E-state index contributed by atoms with van der Waals surface area (Å²) in [7, 11) is 9.87. The van der Waals surface area contributed by atoms with Crippen molar-refractivity contribution in [3.05, 3.63) is 56.6 Å². The predicted octanol–water partition coefficient (Wildman–Crippen LogP) is 13.4. The minimum atomic E-state index is -0.826. The Kier molecular flexibility index (Phi) is 25.9. The van der Waals surface area contributed by atoms with E-state index in [1.807, 2.05) is 0 Å². The van der Waals surface area contributed by atoms with Crippen LogP contribution in [0.1, 0.15) is 161 Å². The Balaban J connectivity index is 0.000000673. The van der Waals surface area contributed by atoms with Crippen LogP contribution < -0.4 is 0 Å². The van der Waals surface area contributed by atoms with Crippen LogP contribution in [0.3, 0.4) is 0 Å². The van der Waals surface area contributed by atoms with Crippen molar-refractivity contribution >= 4 is 17.0 Å². The van der Waals surface area contributed by atoms with Crippen molar-refractivity contribution in [1.29, 1.82) is 0 Å². The van der Waals surface area contributed by atoms with Crippen molar-refractivity contribution in [3.63, 3.8) is 0 Å². The van der Waals surface area contributed by atoms with Crippen molar-refractivity contribution in [1.82, 2.24) is 0 Å². The second-order valence-electron chi connectivity index (χ2n) is 11.7. The van der Waals surface area contributed by atoms with Gasteiger partial charge in [0.15, 0.2) is 0 Å². The van der Waals surface area contributed by atoms with Crippen LogP contribution in [0.4, 0.5) is 0 Å². The van der Waals surface area contributed by atoms with Crippen molar-refractivity contribution in [3.8, 4) is 0 Å². The molecular formula is C36H62Cl2Zr. The van der Waals surface area contributed by atoms with E-state index in [0.29, 0.717) is 0 Å². The zero-order valence-corrected chi connectivity index (χ0v) is 31.1. The summed E-state index contributed by atoms with van der Waals surface area (Å²) >= 11 is -0.826. The monoisotopic (exact) mass is 654 g/mol. The summed E-state index contributed by atoms with van der Waals surface area (Å²) in [4.78, 5) is 0. The van der Waals surface area contributed by atoms with E-state index in [4.69, 9.17) is 17.0 Å². The number of hydrogen-bond donors (Lipinski definition) is 0. The number of aryl methyl sites for hydroxylation is 4. The van der Waals surface area contributed by atoms with Gasteiger partial charge in [-0.2, -0.15) is 56.6 Å². The third-order valence-corrected chi connectivity index (χ3v) is 8.65. The minimum absolute atomic E-state index is 0.826. The molecule has 2 aromatic rings. The predicted molar refractivity (Wildman–Crippen MR) is 177 cm³/mol. The first-order valence-electron chi connectivity index (χ1n) is 16.2. The van der Waals surface area contributed by atoms with Gasteiger partial charge in [0.05, 0.1) is 0 Å². The zero-order chi connectivity index (χ0) is 29.5. The molecule has 0 saturated heterocycles. The molecule has 224 valence electrons. The van der Waals surface area contributed by atoms with Crippen LogP contribution in [0.25, 0.3) is 0 Å². The Bertz CT molecular complexity index is 761. The fourth-order valence-electron chi connectivity index (χ4n) is 5.45. The van der Waals surface area contributed by atoms with Gasteiger partial charge in [-0.1, -0.05) is 171 Å². The zero-order valence-electron chi connectivity index (χ0n) is 27.1. The van der Waals surface area contributed by atoms with E-state index in [1.165, 1.54) is 149 Å². The Morgan fingerprint density at radius 1 is 0.487 bits per heavy atom. The second-order valence-corrected chi connectivity index (χ2v) is 15.5. The summed E-state index contributed by atoms with van der Waals surface area (Å²) in [5.41, 5.74) is 12.2. The maximum atomic E-state index is 4.93. The Morgan fingerprint density at radius 3 is 0.974 bits per heavy atom. The third kappa shape index (κ3) is 18.3. The molecule has 0 radical (unpaired) electrons. The van der Waals surface area contributed by atoms with Gasteiger partial charge in [0.1, 0.15) is 0 Å². The van der Waals surface area contributed by atoms with Crippen LogP contribution in [0.5, 0.6) is 0 Å². The van der Waals surface area contributed by atoms with Crippen LogP contribution in [-0.2, 0) is 33.7 Å². The molecule has 0 heterocycles. The molecular weight excluding hydrogens is 595 g/mol. The summed E-state index contributed by atoms with van der Waals surface area (Å²) in [5.74, 6) is 0. The summed E-state index contributed by atoms with van der Waals surface area (Å²) < 4.78 is 0. The molecule has 0 fully saturated rings. The first-order chi connectivity index (χ1) is 18.7. The summed E-state index contributed by atoms with van der Waals surface area (Å²) in [5, 5.41) is 0. The van der Waals surface area contributed by atoms with Gasteiger partial charge in [0.2, 0.25) is 0 Å². The number of halogens is 2. The van der Waals surface area contributed by atoms with Crippen LogP contribution in [0.15, 0.2) is 12.1 Å². The summed E-state index contributed by atoms with van der Waals surface area (Å²) in [6.45, 7) is 18.1. The molecule has 0 aliphatic heterocycles. The third-order valence-electron chi connectivity index (χ3n) is 8.65. The molecule has 2 rings (SSSR count). The first kappa shape index (κ1) is 39.2. The molecule has 39 heavy (non-hydrogen) atoms. The molecule has 0 bridgehead atoms. The van der Waals surface area contributed by atoms with E-state index >= 15 is 0 Å². The maximum absolute atomic E-state index is 4.93. The average Bonchev–Trinajstić information content (AvgIpc) is 3.31. The molecule has 3 heteroatoms. The molecule has 2 aromatic carbocycles. The van der Waals surface area contributed by atoms with Gasteiger partial charge >= 0.3 is 37.9 Å². The van der Waals surface area contributed by atoms with E-state index in [1.54, 1.807) is 11.1 Å².